The third kappa shape index (κ3) is 2.85. The van der Waals surface area contributed by atoms with Gasteiger partial charge in [0.25, 0.3) is 0 Å². The Kier molecular flexibility index (Phi) is 3.42. The summed E-state index contributed by atoms with van der Waals surface area (Å²) in [6, 6.07) is 10.8. The minimum atomic E-state index is -0.329. The zero-order chi connectivity index (χ0) is 15.7. The number of carbonyl (C=O) groups excluding carboxylic acids is 1. The third-order valence-electron chi connectivity index (χ3n) is 3.42. The van der Waals surface area contributed by atoms with E-state index < -0.39 is 0 Å². The molecule has 112 valence electrons. The Hall–Kier alpha value is -3.02. The number of H-pyrrole nitrogens is 2. The molecule has 6 nitrogen and oxygen atoms in total. The molecule has 3 rings (SSSR count). The van der Waals surface area contributed by atoms with Crippen molar-refractivity contribution < 1.29 is 4.79 Å². The van der Waals surface area contributed by atoms with Crippen LogP contribution in [-0.4, -0.2) is 16.0 Å². The fraction of sp³-hybridized carbons (Fsp3) is 0.125. The van der Waals surface area contributed by atoms with Gasteiger partial charge in [0.1, 0.15) is 0 Å². The van der Waals surface area contributed by atoms with Crippen molar-refractivity contribution in [3.05, 3.63) is 58.0 Å². The first-order valence-corrected chi connectivity index (χ1v) is 6.88. The first-order valence-electron chi connectivity index (χ1n) is 6.88. The lowest BCUT2D eigenvalue weighted by molar-refractivity contribution is 0.262. The number of amides is 2. The number of benzene rings is 2. The third-order valence-corrected chi connectivity index (χ3v) is 3.42. The smallest absolute Gasteiger partial charge is 0.308 e. The van der Waals surface area contributed by atoms with Gasteiger partial charge in [-0.05, 0) is 43.7 Å². The maximum absolute atomic E-state index is 12.1. The first-order chi connectivity index (χ1) is 10.5. The number of carbonyl (C=O) groups is 1. The monoisotopic (exact) mass is 296 g/mol. The van der Waals surface area contributed by atoms with Crippen molar-refractivity contribution in [2.45, 2.75) is 13.8 Å². The number of hydrogen-bond acceptors (Lipinski definition) is 2. The van der Waals surface area contributed by atoms with E-state index in [1.807, 2.05) is 44.2 Å². The number of aromatic nitrogens is 2. The summed E-state index contributed by atoms with van der Waals surface area (Å²) in [7, 11) is 0. The summed E-state index contributed by atoms with van der Waals surface area (Å²) < 4.78 is 0. The lowest BCUT2D eigenvalue weighted by atomic mass is 10.2. The van der Waals surface area contributed by atoms with E-state index in [0.717, 1.165) is 16.8 Å². The minimum Gasteiger partial charge on any atom is -0.308 e. The summed E-state index contributed by atoms with van der Waals surface area (Å²) in [4.78, 5) is 28.7. The van der Waals surface area contributed by atoms with Gasteiger partial charge in [0.2, 0.25) is 0 Å². The van der Waals surface area contributed by atoms with Crippen LogP contribution in [0.4, 0.5) is 16.2 Å². The molecule has 0 unspecified atom stereocenters. The molecule has 0 saturated carbocycles. The highest BCUT2D eigenvalue weighted by Gasteiger charge is 2.08. The van der Waals surface area contributed by atoms with E-state index in [2.05, 4.69) is 20.6 Å². The van der Waals surface area contributed by atoms with Gasteiger partial charge in [-0.1, -0.05) is 17.7 Å². The molecule has 0 bridgehead atoms. The molecular formula is C16H16N4O2. The van der Waals surface area contributed by atoms with Gasteiger partial charge in [0.05, 0.1) is 11.0 Å². The van der Waals surface area contributed by atoms with Gasteiger partial charge in [-0.15, -0.1) is 0 Å². The van der Waals surface area contributed by atoms with Gasteiger partial charge in [-0.3, -0.25) is 0 Å². The van der Waals surface area contributed by atoms with Crippen LogP contribution in [0.3, 0.4) is 0 Å². The molecule has 0 radical (unpaired) electrons. The molecule has 3 aromatic rings. The second-order valence-corrected chi connectivity index (χ2v) is 5.24. The van der Waals surface area contributed by atoms with Crippen LogP contribution in [0.2, 0.25) is 0 Å². The highest BCUT2D eigenvalue weighted by atomic mass is 16.2. The van der Waals surface area contributed by atoms with Crippen molar-refractivity contribution in [1.29, 1.82) is 0 Å². The van der Waals surface area contributed by atoms with E-state index in [9.17, 15) is 9.59 Å². The number of urea groups is 1. The highest BCUT2D eigenvalue weighted by molar-refractivity contribution is 6.01. The van der Waals surface area contributed by atoms with Crippen LogP contribution < -0.4 is 16.3 Å². The average molecular weight is 296 g/mol. The van der Waals surface area contributed by atoms with E-state index in [1.165, 1.54) is 0 Å². The SMILES string of the molecule is Cc1ccc(NC(=O)Nc2cc3[nH]c(=O)[nH]c3cc2C)cc1. The number of hydrogen-bond donors (Lipinski definition) is 4. The first kappa shape index (κ1) is 13.9. The number of fused-ring (bicyclic) bond motifs is 1. The molecule has 1 aromatic heterocycles. The second kappa shape index (κ2) is 5.40. The molecule has 4 N–H and O–H groups in total. The van der Waals surface area contributed by atoms with Crippen LogP contribution in [0.15, 0.2) is 41.2 Å². The normalized spacial score (nSPS) is 10.6. The summed E-state index contributed by atoms with van der Waals surface area (Å²) in [5.74, 6) is 0. The molecule has 2 amide bonds. The molecule has 0 aliphatic carbocycles. The largest absolute Gasteiger partial charge is 0.323 e. The van der Waals surface area contributed by atoms with Crippen molar-refractivity contribution in [1.82, 2.24) is 9.97 Å². The zero-order valence-electron chi connectivity index (χ0n) is 12.3. The van der Waals surface area contributed by atoms with Crippen molar-refractivity contribution in [2.24, 2.45) is 0 Å². The number of nitrogens with one attached hydrogen (secondary N) is 4. The van der Waals surface area contributed by atoms with E-state index in [1.54, 1.807) is 6.07 Å². The maximum Gasteiger partial charge on any atom is 0.323 e. The highest BCUT2D eigenvalue weighted by Crippen LogP contribution is 2.20. The zero-order valence-corrected chi connectivity index (χ0v) is 12.3. The predicted molar refractivity (Wildman–Crippen MR) is 87.5 cm³/mol. The van der Waals surface area contributed by atoms with Gasteiger partial charge in [-0.2, -0.15) is 0 Å². The van der Waals surface area contributed by atoms with Gasteiger partial charge in [0.15, 0.2) is 0 Å². The van der Waals surface area contributed by atoms with Crippen LogP contribution in [0.25, 0.3) is 11.0 Å². The molecule has 0 spiro atoms. The molecule has 22 heavy (non-hydrogen) atoms. The topological polar surface area (TPSA) is 89.8 Å². The Labute approximate surface area is 126 Å². The van der Waals surface area contributed by atoms with Crippen molar-refractivity contribution >= 4 is 28.4 Å². The summed E-state index contributed by atoms with van der Waals surface area (Å²) in [6.45, 7) is 3.85. The quantitative estimate of drug-likeness (QED) is 0.585. The van der Waals surface area contributed by atoms with Crippen molar-refractivity contribution in [3.63, 3.8) is 0 Å². The molecule has 6 heteroatoms. The van der Waals surface area contributed by atoms with Gasteiger partial charge < -0.3 is 20.6 Å². The van der Waals surface area contributed by atoms with E-state index in [-0.39, 0.29) is 11.7 Å². The summed E-state index contributed by atoms with van der Waals surface area (Å²) in [5, 5.41) is 5.56. The number of anilines is 2. The van der Waals surface area contributed by atoms with Crippen molar-refractivity contribution in [2.75, 3.05) is 10.6 Å². The van der Waals surface area contributed by atoms with Crippen LogP contribution in [0.5, 0.6) is 0 Å². The van der Waals surface area contributed by atoms with Crippen LogP contribution in [0, 0.1) is 13.8 Å². The molecule has 0 saturated heterocycles. The lowest BCUT2D eigenvalue weighted by Gasteiger charge is -2.10. The average Bonchev–Trinajstić information content (AvgIpc) is 2.81. The Morgan fingerprint density at radius 1 is 0.955 bits per heavy atom. The number of aromatic amines is 2. The predicted octanol–water partition coefficient (Wildman–Crippen LogP) is 3.12. The molecule has 0 aliphatic heterocycles. The summed E-state index contributed by atoms with van der Waals surface area (Å²) in [5.41, 5.74) is 4.46. The molecule has 0 atom stereocenters. The van der Waals surface area contributed by atoms with E-state index in [4.69, 9.17) is 0 Å². The second-order valence-electron chi connectivity index (χ2n) is 5.24. The molecule has 2 aromatic carbocycles. The van der Waals surface area contributed by atoms with Crippen LogP contribution >= 0.6 is 0 Å². The van der Waals surface area contributed by atoms with Gasteiger partial charge >= 0.3 is 11.7 Å². The van der Waals surface area contributed by atoms with E-state index >= 15 is 0 Å². The van der Waals surface area contributed by atoms with Crippen LogP contribution in [-0.2, 0) is 0 Å². The number of imidazole rings is 1. The summed E-state index contributed by atoms with van der Waals surface area (Å²) in [6.07, 6.45) is 0. The number of rotatable bonds is 2. The Morgan fingerprint density at radius 3 is 2.27 bits per heavy atom. The molecule has 1 heterocycles. The lowest BCUT2D eigenvalue weighted by Crippen LogP contribution is -2.19. The molecule has 0 aliphatic rings. The summed E-state index contributed by atoms with van der Waals surface area (Å²) >= 11 is 0. The van der Waals surface area contributed by atoms with E-state index in [0.29, 0.717) is 16.7 Å². The maximum atomic E-state index is 12.1. The molecular weight excluding hydrogens is 280 g/mol. The Balaban J connectivity index is 1.79. The Morgan fingerprint density at radius 2 is 1.59 bits per heavy atom. The van der Waals surface area contributed by atoms with Crippen molar-refractivity contribution in [3.8, 4) is 0 Å². The number of aryl methyl sites for hydroxylation is 2. The van der Waals surface area contributed by atoms with Gasteiger partial charge in [-0.25, -0.2) is 9.59 Å². The fourth-order valence-electron chi connectivity index (χ4n) is 2.25. The van der Waals surface area contributed by atoms with Crippen LogP contribution in [0.1, 0.15) is 11.1 Å². The minimum absolute atomic E-state index is 0.268. The standard InChI is InChI=1S/C16H16N4O2/c1-9-3-5-11(6-4-9)17-15(21)18-12-8-14-13(7-10(12)2)19-16(22)20-14/h3-8H,1-2H3,(H2,17,18,21)(H2,19,20,22). The molecule has 0 fully saturated rings. The Bertz CT molecular complexity index is 891. The fourth-order valence-corrected chi connectivity index (χ4v) is 2.25. The van der Waals surface area contributed by atoms with Gasteiger partial charge in [0, 0.05) is 11.4 Å².